The molecule has 5 nitrogen and oxygen atoms in total. The van der Waals surface area contributed by atoms with Gasteiger partial charge in [0.15, 0.2) is 11.2 Å². The molecule has 3 aliphatic carbocycles. The maximum atomic E-state index is 7.06. The fraction of sp³-hybridized carbons (Fsp3) is 0.0677. The van der Waals surface area contributed by atoms with Crippen molar-refractivity contribution in [2.75, 3.05) is 14.7 Å². The van der Waals surface area contributed by atoms with E-state index >= 15 is 0 Å². The maximum absolute atomic E-state index is 7.06. The van der Waals surface area contributed by atoms with Gasteiger partial charge in [-0.2, -0.15) is 0 Å². The number of benzene rings is 21. The number of fused-ring (bicyclic) bond motifs is 22. The Morgan fingerprint density at radius 3 is 0.950 bits per heavy atom. The molecule has 3 heterocycles. The second-order valence-electron chi connectivity index (χ2n) is 38.5. The summed E-state index contributed by atoms with van der Waals surface area (Å²) >= 11 is 1.93. The number of thiophene rings is 1. The van der Waals surface area contributed by atoms with Crippen molar-refractivity contribution >= 4 is 137 Å². The molecule has 0 bridgehead atoms. The van der Waals surface area contributed by atoms with E-state index in [0.717, 1.165) is 95.1 Å². The molecule has 0 amide bonds. The summed E-state index contributed by atoms with van der Waals surface area (Å²) in [5, 5.41) is 9.79. The van der Waals surface area contributed by atoms with Gasteiger partial charge in [-0.25, -0.2) is 0 Å². The maximum Gasteiger partial charge on any atom is 0.159 e. The van der Waals surface area contributed by atoms with Crippen molar-refractivity contribution in [1.29, 1.82) is 0 Å². The molecule has 0 atom stereocenters. The second kappa shape index (κ2) is 33.9. The van der Waals surface area contributed by atoms with Crippen molar-refractivity contribution in [3.05, 3.63) is 513 Å². The molecule has 0 saturated heterocycles. The molecular formula is C133H97N3O2S. The van der Waals surface area contributed by atoms with Crippen molar-refractivity contribution in [3.63, 3.8) is 0 Å². The van der Waals surface area contributed by atoms with Crippen molar-refractivity contribution in [2.24, 2.45) is 0 Å². The summed E-state index contributed by atoms with van der Waals surface area (Å²) in [6.45, 7) is 14.1. The number of para-hydroxylation sites is 3. The third kappa shape index (κ3) is 14.3. The zero-order valence-electron chi connectivity index (χ0n) is 78.2. The highest BCUT2D eigenvalue weighted by Gasteiger charge is 2.42. The van der Waals surface area contributed by atoms with Crippen molar-refractivity contribution in [1.82, 2.24) is 0 Å². The molecule has 662 valence electrons. The number of anilines is 9. The summed E-state index contributed by atoms with van der Waals surface area (Å²) in [6.07, 6.45) is 0. The summed E-state index contributed by atoms with van der Waals surface area (Å²) in [5.74, 6) is 0. The van der Waals surface area contributed by atoms with Gasteiger partial charge < -0.3 is 23.5 Å². The lowest BCUT2D eigenvalue weighted by Crippen LogP contribution is -2.16. The van der Waals surface area contributed by atoms with Gasteiger partial charge in [-0.05, 0) is 243 Å². The van der Waals surface area contributed by atoms with Crippen molar-refractivity contribution < 1.29 is 8.83 Å². The third-order valence-corrected chi connectivity index (χ3v) is 30.6. The van der Waals surface area contributed by atoms with Crippen molar-refractivity contribution in [3.8, 4) is 89.0 Å². The quantitative estimate of drug-likeness (QED) is 0.108. The molecule has 0 radical (unpaired) electrons. The lowest BCUT2D eigenvalue weighted by Gasteiger charge is -2.28. The Hall–Kier alpha value is -16.9. The molecule has 24 aromatic rings. The second-order valence-corrected chi connectivity index (χ2v) is 39.6. The Morgan fingerprint density at radius 2 is 0.496 bits per heavy atom. The highest BCUT2D eigenvalue weighted by Crippen LogP contribution is 2.59. The number of rotatable bonds is 14. The standard InChI is InChI=1S/C45H33NO.C45H33NS.C43H31NO/c1-45(2)40-18-10-9-16-36(40)37-28-29-39-38-17-11-19-41(43(38)47-44(39)42(37)45)46(34-24-20-32(21-25-34)30-12-5-3-6-13-30)35-26-22-33(23-27-35)31-14-7-4-8-15-31;1-45(2)41-29-36(25-26-37(41)39-27-28-40-38-15-9-10-16-42(38)47-44(40)43(39)45)46(34-21-17-32(18-22-34)30-11-5-3-6-12-30)35-23-19-33(20-24-35)31-13-7-4-8-14-31;1-43(2)38-17-9-8-15-34(38)35-25-26-37-36-16-10-18-39(41(36)45-42(37)40(35)43)44(32-13-4-3-5-14-32)33-23-21-29(22-24-33)31-20-19-28-11-6-7-12-30(28)27-31/h2*3-29H,1-2H3;3-27H,1-2H3. The Morgan fingerprint density at radius 1 is 0.187 bits per heavy atom. The SMILES string of the molecule is CC1(C)c2cc(N(c3ccc(-c4ccccc4)cc3)c3ccc(-c4ccccc4)cc3)ccc2-c2ccc3c(sc4ccccc43)c21.CC1(C)c2ccccc2-c2ccc3c(oc4c(N(c5ccc(-c6ccccc6)cc5)c5ccc(-c6ccccc6)cc5)cccc43)c21.CC1(C)c2ccccc2-c2ccc3c(oc4c(N(c5ccccc5)c5ccc(-c6ccc7ccccc7c6)cc5)cccc43)c21. The van der Waals surface area contributed by atoms with Gasteiger partial charge in [0.2, 0.25) is 0 Å². The van der Waals surface area contributed by atoms with E-state index in [0.29, 0.717) is 0 Å². The topological polar surface area (TPSA) is 36.0 Å². The molecule has 3 aromatic heterocycles. The van der Waals surface area contributed by atoms with Crippen LogP contribution in [0.3, 0.4) is 0 Å². The van der Waals surface area contributed by atoms with Crippen LogP contribution >= 0.6 is 11.3 Å². The molecule has 0 fully saturated rings. The number of hydrogen-bond donors (Lipinski definition) is 0. The van der Waals surface area contributed by atoms with Gasteiger partial charge in [0.05, 0.1) is 11.4 Å². The Kier molecular flexibility index (Phi) is 20.4. The molecule has 6 heteroatoms. The van der Waals surface area contributed by atoms with Gasteiger partial charge in [-0.3, -0.25) is 0 Å². The number of furan rings is 2. The number of hydrogen-bond acceptors (Lipinski definition) is 6. The van der Waals surface area contributed by atoms with Gasteiger partial charge in [-0.1, -0.05) is 399 Å². The van der Waals surface area contributed by atoms with Crippen LogP contribution in [-0.2, 0) is 16.2 Å². The molecule has 139 heavy (non-hydrogen) atoms. The molecule has 0 unspecified atom stereocenters. The van der Waals surface area contributed by atoms with E-state index < -0.39 is 0 Å². The van der Waals surface area contributed by atoms with E-state index in [1.807, 2.05) is 11.3 Å². The lowest BCUT2D eigenvalue weighted by atomic mass is 9.81. The van der Waals surface area contributed by atoms with Crippen LogP contribution in [0.15, 0.2) is 488 Å². The van der Waals surface area contributed by atoms with E-state index in [4.69, 9.17) is 8.83 Å². The highest BCUT2D eigenvalue weighted by molar-refractivity contribution is 7.26. The molecule has 0 spiro atoms. The predicted octanol–water partition coefficient (Wildman–Crippen LogP) is 38.0. The summed E-state index contributed by atoms with van der Waals surface area (Å²) in [4.78, 5) is 7.04. The minimum absolute atomic E-state index is 0.138. The van der Waals surface area contributed by atoms with E-state index in [-0.39, 0.29) is 16.2 Å². The summed E-state index contributed by atoms with van der Waals surface area (Å²) < 4.78 is 16.8. The lowest BCUT2D eigenvalue weighted by molar-refractivity contribution is 0.619. The summed E-state index contributed by atoms with van der Waals surface area (Å²) in [6, 6.07) is 173. The Labute approximate surface area is 814 Å². The molecule has 0 saturated carbocycles. The molecule has 0 N–H and O–H groups in total. The van der Waals surface area contributed by atoms with Crippen LogP contribution in [0.2, 0.25) is 0 Å². The van der Waals surface area contributed by atoms with Crippen LogP contribution in [0.1, 0.15) is 74.9 Å². The van der Waals surface area contributed by atoms with Crippen LogP contribution in [0.25, 0.3) is 164 Å². The number of nitrogens with zero attached hydrogens (tertiary/aromatic N) is 3. The minimum atomic E-state index is -0.167. The molecule has 21 aromatic carbocycles. The van der Waals surface area contributed by atoms with Gasteiger partial charge in [0, 0.05) is 109 Å². The van der Waals surface area contributed by atoms with Crippen molar-refractivity contribution in [2.45, 2.75) is 57.8 Å². The van der Waals surface area contributed by atoms with Crippen LogP contribution in [0.4, 0.5) is 51.2 Å². The smallest absolute Gasteiger partial charge is 0.159 e. The fourth-order valence-corrected chi connectivity index (χ4v) is 23.9. The normalized spacial score (nSPS) is 13.1. The monoisotopic (exact) mass is 1800 g/mol. The highest BCUT2D eigenvalue weighted by atomic mass is 32.1. The molecule has 3 aliphatic rings. The van der Waals surface area contributed by atoms with E-state index in [1.165, 1.54) is 153 Å². The van der Waals surface area contributed by atoms with E-state index in [9.17, 15) is 0 Å². The summed E-state index contributed by atoms with van der Waals surface area (Å²) in [5.41, 5.74) is 41.1. The minimum Gasteiger partial charge on any atom is -0.453 e. The van der Waals surface area contributed by atoms with Gasteiger partial charge in [0.25, 0.3) is 0 Å². The Bertz CT molecular complexity index is 8680. The van der Waals surface area contributed by atoms with Gasteiger partial charge in [-0.15, -0.1) is 11.3 Å². The van der Waals surface area contributed by atoms with Crippen LogP contribution in [-0.4, -0.2) is 0 Å². The molecular weight excluding hydrogens is 1700 g/mol. The third-order valence-electron chi connectivity index (χ3n) is 29.4. The zero-order chi connectivity index (χ0) is 93.2. The average Bonchev–Trinajstić information content (AvgIpc) is 1.56. The fourth-order valence-electron chi connectivity index (χ4n) is 22.5. The van der Waals surface area contributed by atoms with E-state index in [2.05, 4.69) is 535 Å². The van der Waals surface area contributed by atoms with Gasteiger partial charge >= 0.3 is 0 Å². The largest absolute Gasteiger partial charge is 0.453 e. The van der Waals surface area contributed by atoms with Crippen LogP contribution < -0.4 is 14.7 Å². The predicted molar refractivity (Wildman–Crippen MR) is 588 cm³/mol. The van der Waals surface area contributed by atoms with E-state index in [1.54, 1.807) is 0 Å². The zero-order valence-corrected chi connectivity index (χ0v) is 79.0. The first-order chi connectivity index (χ1) is 68.2. The van der Waals surface area contributed by atoms with Crippen LogP contribution in [0.5, 0.6) is 0 Å². The first-order valence-electron chi connectivity index (χ1n) is 48.2. The first kappa shape index (κ1) is 83.9. The first-order valence-corrected chi connectivity index (χ1v) is 49.0. The average molecular weight is 1800 g/mol. The van der Waals surface area contributed by atoms with Gasteiger partial charge in [0.1, 0.15) is 11.2 Å². The molecule has 0 aliphatic heterocycles. The summed E-state index contributed by atoms with van der Waals surface area (Å²) in [7, 11) is 0. The Balaban J connectivity index is 0.000000110. The molecule has 27 rings (SSSR count). The van der Waals surface area contributed by atoms with Crippen LogP contribution in [0, 0.1) is 0 Å².